The maximum absolute atomic E-state index is 13.3. The zero-order valence-electron chi connectivity index (χ0n) is 20.5. The molecule has 16 heteroatoms. The van der Waals surface area contributed by atoms with Crippen LogP contribution in [-0.4, -0.2) is 74.2 Å². The Morgan fingerprint density at radius 2 is 2.12 bits per heavy atom. The van der Waals surface area contributed by atoms with Crippen molar-refractivity contribution in [1.82, 2.24) is 24.4 Å². The Balaban J connectivity index is 0.00000103. The molecule has 1 saturated heterocycles. The van der Waals surface area contributed by atoms with E-state index in [0.29, 0.717) is 36.7 Å². The van der Waals surface area contributed by atoms with Gasteiger partial charge in [-0.2, -0.15) is 19.0 Å². The summed E-state index contributed by atoms with van der Waals surface area (Å²) >= 11 is 0. The van der Waals surface area contributed by atoms with Gasteiger partial charge in [0.1, 0.15) is 29.4 Å². The molecule has 1 atom stereocenters. The highest BCUT2D eigenvalue weighted by atomic mass is 19.3. The fourth-order valence-electron chi connectivity index (χ4n) is 4.29. The molecule has 208 valence electrons. The molecule has 1 fully saturated rings. The molecule has 0 saturated carbocycles. The van der Waals surface area contributed by atoms with Crippen LogP contribution in [0.3, 0.4) is 0 Å². The van der Waals surface area contributed by atoms with E-state index in [-0.39, 0.29) is 41.3 Å². The molecule has 1 aromatic carbocycles. The Morgan fingerprint density at radius 1 is 1.30 bits per heavy atom. The number of rotatable bonds is 6. The Labute approximate surface area is 223 Å². The normalized spacial score (nSPS) is 15.8. The Kier molecular flexibility index (Phi) is 7.39. The molecule has 0 radical (unpaired) electrons. The SMILES string of the molecule is O=C(Nc1cn(C2CCOC2=O)nc1-c1cc2c(cc1OC(F)F)NCCO2)c1cnn2cccnc12.O=CO. The highest BCUT2D eigenvalue weighted by Gasteiger charge is 2.32. The maximum Gasteiger partial charge on any atom is 0.387 e. The van der Waals surface area contributed by atoms with Gasteiger partial charge in [-0.25, -0.2) is 14.3 Å². The first-order valence-corrected chi connectivity index (χ1v) is 11.8. The Bertz CT molecular complexity index is 1570. The molecule has 0 spiro atoms. The van der Waals surface area contributed by atoms with E-state index in [9.17, 15) is 18.4 Å². The van der Waals surface area contributed by atoms with E-state index in [1.54, 1.807) is 12.3 Å². The van der Waals surface area contributed by atoms with Crippen LogP contribution in [0.5, 0.6) is 11.5 Å². The van der Waals surface area contributed by atoms with Gasteiger partial charge in [-0.3, -0.25) is 14.3 Å². The fraction of sp³-hybridized carbons (Fsp3) is 0.250. The minimum Gasteiger partial charge on any atom is -0.490 e. The number of carboxylic acid groups (broad SMARTS) is 1. The molecular weight excluding hydrogens is 536 g/mol. The first kappa shape index (κ1) is 26.3. The van der Waals surface area contributed by atoms with Gasteiger partial charge in [0.2, 0.25) is 0 Å². The second-order valence-corrected chi connectivity index (χ2v) is 8.35. The van der Waals surface area contributed by atoms with Gasteiger partial charge < -0.3 is 30.0 Å². The molecule has 0 bridgehead atoms. The summed E-state index contributed by atoms with van der Waals surface area (Å²) in [7, 11) is 0. The van der Waals surface area contributed by atoms with Crippen molar-refractivity contribution in [2.75, 3.05) is 30.4 Å². The molecule has 0 aliphatic carbocycles. The van der Waals surface area contributed by atoms with Crippen LogP contribution >= 0.6 is 0 Å². The number of benzene rings is 1. The van der Waals surface area contributed by atoms with Crippen molar-refractivity contribution >= 4 is 35.4 Å². The first-order valence-electron chi connectivity index (χ1n) is 11.8. The molecule has 6 rings (SSSR count). The topological polar surface area (TPSA) is 171 Å². The number of hydrogen-bond donors (Lipinski definition) is 3. The third-order valence-corrected chi connectivity index (χ3v) is 5.96. The molecular formula is C24H21F2N7O7. The van der Waals surface area contributed by atoms with E-state index >= 15 is 0 Å². The standard InChI is InChI=1S/C23H19F2N7O5.CH2O2/c24-23(25)37-17-9-14-18(35-7-4-26-14)8-12(17)19-15(11-32(30-19)16-2-6-36-22(16)34)29-21(33)13-10-28-31-5-1-3-27-20(13)31;2-1-3/h1,3,5,8-11,16,23,26H,2,4,6-7H2,(H,29,33);1H,(H,2,3). The molecule has 1 unspecified atom stereocenters. The predicted octanol–water partition coefficient (Wildman–Crippen LogP) is 2.44. The molecule has 4 aromatic rings. The summed E-state index contributed by atoms with van der Waals surface area (Å²) in [6.45, 7) is -2.29. The number of esters is 1. The lowest BCUT2D eigenvalue weighted by Gasteiger charge is -2.21. The lowest BCUT2D eigenvalue weighted by atomic mass is 10.1. The van der Waals surface area contributed by atoms with Crippen LogP contribution in [0.1, 0.15) is 22.8 Å². The third-order valence-electron chi connectivity index (χ3n) is 5.96. The van der Waals surface area contributed by atoms with Crippen molar-refractivity contribution in [3.63, 3.8) is 0 Å². The number of carbonyl (C=O) groups excluding carboxylic acids is 2. The number of aromatic nitrogens is 5. The molecule has 3 N–H and O–H groups in total. The monoisotopic (exact) mass is 557 g/mol. The molecule has 2 aliphatic heterocycles. The van der Waals surface area contributed by atoms with Crippen LogP contribution in [0.15, 0.2) is 43.0 Å². The number of carbonyl (C=O) groups is 3. The number of anilines is 2. The molecule has 3 aromatic heterocycles. The summed E-state index contributed by atoms with van der Waals surface area (Å²) in [5.74, 6) is -0.822. The first-order chi connectivity index (χ1) is 19.4. The Morgan fingerprint density at radius 3 is 2.88 bits per heavy atom. The lowest BCUT2D eigenvalue weighted by molar-refractivity contribution is -0.140. The quantitative estimate of drug-likeness (QED) is 0.235. The summed E-state index contributed by atoms with van der Waals surface area (Å²) in [6.07, 6.45) is 6.35. The molecule has 14 nitrogen and oxygen atoms in total. The van der Waals surface area contributed by atoms with Crippen LogP contribution in [0.2, 0.25) is 0 Å². The van der Waals surface area contributed by atoms with Gasteiger partial charge in [-0.05, 0) is 12.1 Å². The molecule has 40 heavy (non-hydrogen) atoms. The van der Waals surface area contributed by atoms with Crippen molar-refractivity contribution in [1.29, 1.82) is 0 Å². The van der Waals surface area contributed by atoms with Crippen molar-refractivity contribution in [2.24, 2.45) is 0 Å². The van der Waals surface area contributed by atoms with E-state index in [1.807, 2.05) is 0 Å². The minimum absolute atomic E-state index is 0.102. The zero-order valence-corrected chi connectivity index (χ0v) is 20.5. The van der Waals surface area contributed by atoms with Crippen molar-refractivity contribution < 1.29 is 42.5 Å². The smallest absolute Gasteiger partial charge is 0.387 e. The highest BCUT2D eigenvalue weighted by Crippen LogP contribution is 2.43. The summed E-state index contributed by atoms with van der Waals surface area (Å²) in [5.41, 5.74) is 1.38. The van der Waals surface area contributed by atoms with Gasteiger partial charge in [-0.15, -0.1) is 0 Å². The highest BCUT2D eigenvalue weighted by molar-refractivity contribution is 6.09. The number of nitrogens with one attached hydrogen (secondary N) is 2. The summed E-state index contributed by atoms with van der Waals surface area (Å²) in [6, 6.07) is 3.82. The van der Waals surface area contributed by atoms with E-state index in [2.05, 4.69) is 25.8 Å². The van der Waals surface area contributed by atoms with Crippen molar-refractivity contribution in [3.05, 3.63) is 48.5 Å². The largest absolute Gasteiger partial charge is 0.490 e. The predicted molar refractivity (Wildman–Crippen MR) is 133 cm³/mol. The van der Waals surface area contributed by atoms with Gasteiger partial charge in [0, 0.05) is 31.4 Å². The number of amides is 1. The average molecular weight is 557 g/mol. The summed E-state index contributed by atoms with van der Waals surface area (Å²) in [5, 5.41) is 21.3. The second-order valence-electron chi connectivity index (χ2n) is 8.35. The van der Waals surface area contributed by atoms with E-state index in [4.69, 9.17) is 24.1 Å². The number of ether oxygens (including phenoxy) is 3. The van der Waals surface area contributed by atoms with Gasteiger partial charge in [-0.1, -0.05) is 0 Å². The van der Waals surface area contributed by atoms with E-state index in [1.165, 1.54) is 39.9 Å². The summed E-state index contributed by atoms with van der Waals surface area (Å²) in [4.78, 5) is 38.0. The molecule has 1 amide bonds. The second kappa shape index (κ2) is 11.2. The number of fused-ring (bicyclic) bond motifs is 2. The molecule has 5 heterocycles. The minimum atomic E-state index is -3.11. The number of hydrogen-bond acceptors (Lipinski definition) is 10. The van der Waals surface area contributed by atoms with Crippen LogP contribution in [0.4, 0.5) is 20.2 Å². The van der Waals surface area contributed by atoms with Crippen LogP contribution in [0, 0.1) is 0 Å². The number of nitrogens with zero attached hydrogens (tertiary/aromatic N) is 5. The third kappa shape index (κ3) is 5.18. The number of halogens is 2. The number of cyclic esters (lactones) is 1. The summed E-state index contributed by atoms with van der Waals surface area (Å²) < 4.78 is 45.0. The Hall–Kier alpha value is -5.28. The van der Waals surface area contributed by atoms with Crippen molar-refractivity contribution in [3.8, 4) is 22.8 Å². The van der Waals surface area contributed by atoms with Gasteiger partial charge in [0.25, 0.3) is 12.4 Å². The van der Waals surface area contributed by atoms with E-state index < -0.39 is 24.5 Å². The number of alkyl halides is 2. The maximum atomic E-state index is 13.3. The lowest BCUT2D eigenvalue weighted by Crippen LogP contribution is -2.18. The average Bonchev–Trinajstić information content (AvgIpc) is 3.66. The van der Waals surface area contributed by atoms with Crippen LogP contribution in [0.25, 0.3) is 16.9 Å². The van der Waals surface area contributed by atoms with Gasteiger partial charge >= 0.3 is 12.6 Å². The molecule has 2 aliphatic rings. The van der Waals surface area contributed by atoms with Crippen molar-refractivity contribution in [2.45, 2.75) is 19.1 Å². The fourth-order valence-corrected chi connectivity index (χ4v) is 4.29. The van der Waals surface area contributed by atoms with E-state index in [0.717, 1.165) is 0 Å². The zero-order chi connectivity index (χ0) is 28.2. The van der Waals surface area contributed by atoms with Gasteiger partial charge in [0.05, 0.1) is 35.9 Å². The van der Waals surface area contributed by atoms with Gasteiger partial charge in [0.15, 0.2) is 11.7 Å². The van der Waals surface area contributed by atoms with Crippen LogP contribution < -0.4 is 20.1 Å². The van der Waals surface area contributed by atoms with Crippen LogP contribution in [-0.2, 0) is 14.3 Å².